The Balaban J connectivity index is 1.56. The zero-order valence-electron chi connectivity index (χ0n) is 14.8. The lowest BCUT2D eigenvalue weighted by atomic mass is 10.2. The summed E-state index contributed by atoms with van der Waals surface area (Å²) in [4.78, 5) is 28.8. The Morgan fingerprint density at radius 3 is 2.50 bits per heavy atom. The smallest absolute Gasteiger partial charge is 0.328 e. The summed E-state index contributed by atoms with van der Waals surface area (Å²) in [6.45, 7) is 1.55. The lowest BCUT2D eigenvalue weighted by Crippen LogP contribution is -2.39. The van der Waals surface area contributed by atoms with Crippen LogP contribution in [0, 0.1) is 0 Å². The number of ether oxygens (including phenoxy) is 1. The van der Waals surface area contributed by atoms with Crippen LogP contribution in [0.4, 0.5) is 0 Å². The van der Waals surface area contributed by atoms with E-state index in [2.05, 4.69) is 10.3 Å². The zero-order valence-corrected chi connectivity index (χ0v) is 17.1. The first-order valence-corrected chi connectivity index (χ1v) is 10.0. The molecule has 3 rings (SSSR count). The van der Waals surface area contributed by atoms with Gasteiger partial charge in [-0.25, -0.2) is 9.78 Å². The highest BCUT2D eigenvalue weighted by atomic mass is 35.5. The van der Waals surface area contributed by atoms with E-state index in [-0.39, 0.29) is 6.61 Å². The van der Waals surface area contributed by atoms with Crippen molar-refractivity contribution in [2.75, 3.05) is 0 Å². The minimum atomic E-state index is -0.828. The van der Waals surface area contributed by atoms with E-state index in [1.54, 1.807) is 42.6 Å². The number of rotatable bonds is 6. The number of thiazole rings is 1. The molecule has 144 valence electrons. The number of hydrogen-bond acceptors (Lipinski definition) is 5. The SMILES string of the molecule is C[C@H](NC(=O)c1ccccc1Cl)C(=O)OCc1csc(-c2ccccc2Cl)n1. The summed E-state index contributed by atoms with van der Waals surface area (Å²) in [6, 6.07) is 13.2. The van der Waals surface area contributed by atoms with Crippen molar-refractivity contribution in [3.8, 4) is 10.6 Å². The van der Waals surface area contributed by atoms with Crippen molar-refractivity contribution in [1.82, 2.24) is 10.3 Å². The number of esters is 1. The van der Waals surface area contributed by atoms with Gasteiger partial charge >= 0.3 is 5.97 Å². The maximum Gasteiger partial charge on any atom is 0.328 e. The molecule has 0 aliphatic carbocycles. The molecule has 0 unspecified atom stereocenters. The Labute approximate surface area is 176 Å². The number of hydrogen-bond donors (Lipinski definition) is 1. The van der Waals surface area contributed by atoms with Crippen LogP contribution in [0.3, 0.4) is 0 Å². The van der Waals surface area contributed by atoms with Crippen LogP contribution in [-0.2, 0) is 16.1 Å². The molecule has 8 heteroatoms. The third-order valence-electron chi connectivity index (χ3n) is 3.84. The van der Waals surface area contributed by atoms with Gasteiger partial charge in [-0.3, -0.25) is 4.79 Å². The van der Waals surface area contributed by atoms with Crippen LogP contribution in [0.15, 0.2) is 53.9 Å². The predicted octanol–water partition coefficient (Wildman–Crippen LogP) is 4.98. The molecule has 1 heterocycles. The first-order valence-electron chi connectivity index (χ1n) is 8.37. The van der Waals surface area contributed by atoms with Gasteiger partial charge in [0.15, 0.2) is 0 Å². The Morgan fingerprint density at radius 1 is 1.11 bits per heavy atom. The van der Waals surface area contributed by atoms with Crippen molar-refractivity contribution < 1.29 is 14.3 Å². The third kappa shape index (κ3) is 4.90. The Kier molecular flexibility index (Phi) is 6.67. The van der Waals surface area contributed by atoms with Crippen molar-refractivity contribution in [3.63, 3.8) is 0 Å². The van der Waals surface area contributed by atoms with Gasteiger partial charge in [-0.05, 0) is 25.1 Å². The van der Waals surface area contributed by atoms with Gasteiger partial charge in [0.1, 0.15) is 17.7 Å². The van der Waals surface area contributed by atoms with E-state index in [0.29, 0.717) is 21.3 Å². The molecule has 0 radical (unpaired) electrons. The Hall–Kier alpha value is -2.41. The van der Waals surface area contributed by atoms with E-state index >= 15 is 0 Å². The summed E-state index contributed by atoms with van der Waals surface area (Å²) >= 11 is 13.6. The van der Waals surface area contributed by atoms with Gasteiger partial charge in [0.2, 0.25) is 0 Å². The monoisotopic (exact) mass is 434 g/mol. The quantitative estimate of drug-likeness (QED) is 0.555. The fourth-order valence-electron chi connectivity index (χ4n) is 2.38. The van der Waals surface area contributed by atoms with E-state index in [0.717, 1.165) is 10.6 Å². The number of aromatic nitrogens is 1. The Morgan fingerprint density at radius 2 is 1.79 bits per heavy atom. The normalized spacial score (nSPS) is 11.7. The van der Waals surface area contributed by atoms with E-state index < -0.39 is 17.9 Å². The number of halogens is 2. The molecule has 0 aliphatic rings. The maximum atomic E-state index is 12.2. The van der Waals surface area contributed by atoms with Crippen LogP contribution in [-0.4, -0.2) is 22.9 Å². The second-order valence-corrected chi connectivity index (χ2v) is 7.58. The van der Waals surface area contributed by atoms with Gasteiger partial charge in [0, 0.05) is 10.9 Å². The van der Waals surface area contributed by atoms with Gasteiger partial charge in [-0.1, -0.05) is 53.5 Å². The average molecular weight is 435 g/mol. The second-order valence-electron chi connectivity index (χ2n) is 5.91. The van der Waals surface area contributed by atoms with Crippen molar-refractivity contribution in [2.45, 2.75) is 19.6 Å². The summed E-state index contributed by atoms with van der Waals surface area (Å²) in [5.74, 6) is -1.00. The van der Waals surface area contributed by atoms with Crippen molar-refractivity contribution in [3.05, 3.63) is 75.2 Å². The van der Waals surface area contributed by atoms with Crippen LogP contribution in [0.25, 0.3) is 10.6 Å². The van der Waals surface area contributed by atoms with E-state index in [9.17, 15) is 9.59 Å². The lowest BCUT2D eigenvalue weighted by molar-refractivity contribution is -0.146. The minimum Gasteiger partial charge on any atom is -0.458 e. The highest BCUT2D eigenvalue weighted by Crippen LogP contribution is 2.30. The number of nitrogens with zero attached hydrogens (tertiary/aromatic N) is 1. The van der Waals surface area contributed by atoms with E-state index in [1.165, 1.54) is 11.3 Å². The van der Waals surface area contributed by atoms with Gasteiger partial charge in [-0.2, -0.15) is 0 Å². The number of amides is 1. The summed E-state index contributed by atoms with van der Waals surface area (Å²) in [5.41, 5.74) is 1.73. The number of carbonyl (C=O) groups is 2. The molecule has 0 saturated heterocycles. The average Bonchev–Trinajstić information content (AvgIpc) is 3.15. The van der Waals surface area contributed by atoms with Crippen LogP contribution >= 0.6 is 34.5 Å². The fourth-order valence-corrected chi connectivity index (χ4v) is 3.73. The van der Waals surface area contributed by atoms with Crippen LogP contribution in [0.2, 0.25) is 10.0 Å². The van der Waals surface area contributed by atoms with E-state index in [4.69, 9.17) is 27.9 Å². The molecule has 1 aromatic heterocycles. The van der Waals surface area contributed by atoms with Crippen molar-refractivity contribution in [2.24, 2.45) is 0 Å². The summed E-state index contributed by atoms with van der Waals surface area (Å²) in [7, 11) is 0. The maximum absolute atomic E-state index is 12.2. The fraction of sp³-hybridized carbons (Fsp3) is 0.150. The van der Waals surface area contributed by atoms with Crippen LogP contribution < -0.4 is 5.32 Å². The third-order valence-corrected chi connectivity index (χ3v) is 5.42. The predicted molar refractivity (Wildman–Crippen MR) is 111 cm³/mol. The lowest BCUT2D eigenvalue weighted by Gasteiger charge is -2.13. The molecule has 0 spiro atoms. The molecule has 1 N–H and O–H groups in total. The van der Waals surface area contributed by atoms with Crippen molar-refractivity contribution in [1.29, 1.82) is 0 Å². The molecule has 1 atom stereocenters. The van der Waals surface area contributed by atoms with Gasteiger partial charge in [0.25, 0.3) is 5.91 Å². The van der Waals surface area contributed by atoms with Gasteiger partial charge in [-0.15, -0.1) is 11.3 Å². The van der Waals surface area contributed by atoms with Gasteiger partial charge in [0.05, 0.1) is 21.3 Å². The number of carbonyl (C=O) groups excluding carboxylic acids is 2. The molecule has 28 heavy (non-hydrogen) atoms. The molecular weight excluding hydrogens is 419 g/mol. The first-order chi connectivity index (χ1) is 13.5. The largest absolute Gasteiger partial charge is 0.458 e. The standard InChI is InChI=1S/C20H16Cl2N2O3S/c1-12(23-18(25)14-6-2-4-8-16(14)21)20(26)27-10-13-11-28-19(24-13)15-7-3-5-9-17(15)22/h2-9,11-12H,10H2,1H3,(H,23,25)/t12-/m0/s1. The molecule has 2 aromatic carbocycles. The summed E-state index contributed by atoms with van der Waals surface area (Å²) in [5, 5.41) is 6.05. The highest BCUT2D eigenvalue weighted by molar-refractivity contribution is 7.13. The number of nitrogens with one attached hydrogen (secondary N) is 1. The summed E-state index contributed by atoms with van der Waals surface area (Å²) in [6.07, 6.45) is 0. The molecule has 0 fully saturated rings. The van der Waals surface area contributed by atoms with E-state index in [1.807, 2.05) is 18.2 Å². The van der Waals surface area contributed by atoms with Gasteiger partial charge < -0.3 is 10.1 Å². The topological polar surface area (TPSA) is 68.3 Å². The number of benzene rings is 2. The molecule has 1 amide bonds. The molecular formula is C20H16Cl2N2O3S. The molecule has 0 aliphatic heterocycles. The second kappa shape index (κ2) is 9.19. The molecule has 0 saturated carbocycles. The highest BCUT2D eigenvalue weighted by Gasteiger charge is 2.20. The first kappa shape index (κ1) is 20.3. The van der Waals surface area contributed by atoms with Crippen LogP contribution in [0.1, 0.15) is 23.0 Å². The minimum absolute atomic E-state index is 0.00604. The Bertz CT molecular complexity index is 1010. The molecule has 3 aromatic rings. The molecule has 0 bridgehead atoms. The van der Waals surface area contributed by atoms with Crippen molar-refractivity contribution >= 4 is 46.4 Å². The van der Waals surface area contributed by atoms with Crippen LogP contribution in [0.5, 0.6) is 0 Å². The summed E-state index contributed by atoms with van der Waals surface area (Å²) < 4.78 is 5.26. The zero-order chi connectivity index (χ0) is 20.1. The molecule has 5 nitrogen and oxygen atoms in total.